The highest BCUT2D eigenvalue weighted by molar-refractivity contribution is 5.85. The summed E-state index contributed by atoms with van der Waals surface area (Å²) in [4.78, 5) is 14.3. The van der Waals surface area contributed by atoms with Gasteiger partial charge in [0.05, 0.1) is 11.3 Å². The average molecular weight is 231 g/mol. The Balaban J connectivity index is 2.53. The van der Waals surface area contributed by atoms with Gasteiger partial charge in [-0.05, 0) is 18.2 Å². The smallest absolute Gasteiger partial charge is 0.356 e. The summed E-state index contributed by atoms with van der Waals surface area (Å²) >= 11 is 0. The van der Waals surface area contributed by atoms with Crippen LogP contribution < -0.4 is 0 Å². The summed E-state index contributed by atoms with van der Waals surface area (Å²) in [6, 6.07) is 5.50. The van der Waals surface area contributed by atoms with Gasteiger partial charge in [-0.15, -0.1) is 0 Å². The lowest BCUT2D eigenvalue weighted by molar-refractivity contribution is 0.0691. The van der Waals surface area contributed by atoms with Crippen molar-refractivity contribution in [3.05, 3.63) is 47.8 Å². The molecule has 6 heteroatoms. The predicted octanol–water partition coefficient (Wildman–Crippen LogP) is 1.58. The summed E-state index contributed by atoms with van der Waals surface area (Å²) in [5.41, 5.74) is 0.353. The quantitative estimate of drug-likeness (QED) is 0.850. The molecular formula is C11H6FN3O2. The third-order valence-electron chi connectivity index (χ3n) is 2.16. The number of hydrogen-bond donors (Lipinski definition) is 1. The molecule has 0 unspecified atom stereocenters. The summed E-state index contributed by atoms with van der Waals surface area (Å²) < 4.78 is 14.3. The van der Waals surface area contributed by atoms with Crippen LogP contribution in [0.3, 0.4) is 0 Å². The van der Waals surface area contributed by atoms with E-state index in [0.717, 1.165) is 6.07 Å². The van der Waals surface area contributed by atoms with E-state index in [1.165, 1.54) is 29.2 Å². The molecule has 2 aromatic rings. The first kappa shape index (κ1) is 10.8. The maximum atomic E-state index is 12.9. The minimum Gasteiger partial charge on any atom is -0.476 e. The van der Waals surface area contributed by atoms with Gasteiger partial charge in [0.2, 0.25) is 0 Å². The largest absolute Gasteiger partial charge is 0.476 e. The van der Waals surface area contributed by atoms with Crippen LogP contribution in [0.4, 0.5) is 4.39 Å². The highest BCUT2D eigenvalue weighted by Gasteiger charge is 2.10. The van der Waals surface area contributed by atoms with Gasteiger partial charge in [0, 0.05) is 6.20 Å². The minimum atomic E-state index is -1.16. The van der Waals surface area contributed by atoms with Crippen LogP contribution in [0.5, 0.6) is 0 Å². The normalized spacial score (nSPS) is 9.88. The Morgan fingerprint density at radius 2 is 2.29 bits per heavy atom. The molecule has 0 aliphatic carbocycles. The Bertz CT molecular complexity index is 628. The zero-order valence-electron chi connectivity index (χ0n) is 8.46. The molecule has 0 saturated heterocycles. The first-order chi connectivity index (χ1) is 8.11. The monoisotopic (exact) mass is 231 g/mol. The predicted molar refractivity (Wildman–Crippen MR) is 55.2 cm³/mol. The minimum absolute atomic E-state index is 0.110. The number of rotatable bonds is 2. The number of hydrogen-bond acceptors (Lipinski definition) is 3. The lowest BCUT2D eigenvalue weighted by Gasteiger charge is -2.03. The van der Waals surface area contributed by atoms with Gasteiger partial charge in [0.1, 0.15) is 18.2 Å². The lowest BCUT2D eigenvalue weighted by Crippen LogP contribution is -1.97. The Morgan fingerprint density at radius 3 is 2.88 bits per heavy atom. The summed E-state index contributed by atoms with van der Waals surface area (Å²) in [7, 11) is 0. The standard InChI is InChI=1S/C11H6FN3O2/c12-8-1-2-10(7(3-8)4-13)15-5-9(11(16)17)14-6-15/h1-3,5-6H,(H,16,17). The van der Waals surface area contributed by atoms with E-state index >= 15 is 0 Å². The van der Waals surface area contributed by atoms with Crippen molar-refractivity contribution in [2.45, 2.75) is 0 Å². The van der Waals surface area contributed by atoms with E-state index in [2.05, 4.69) is 4.98 Å². The number of carboxylic acid groups (broad SMARTS) is 1. The van der Waals surface area contributed by atoms with E-state index < -0.39 is 11.8 Å². The first-order valence-corrected chi connectivity index (χ1v) is 4.59. The van der Waals surface area contributed by atoms with Crippen molar-refractivity contribution in [1.82, 2.24) is 9.55 Å². The van der Waals surface area contributed by atoms with Gasteiger partial charge in [-0.3, -0.25) is 0 Å². The van der Waals surface area contributed by atoms with E-state index in [0.29, 0.717) is 5.69 Å². The van der Waals surface area contributed by atoms with Crippen LogP contribution in [-0.2, 0) is 0 Å². The summed E-state index contributed by atoms with van der Waals surface area (Å²) in [5, 5.41) is 17.6. The molecule has 1 aromatic carbocycles. The SMILES string of the molecule is N#Cc1cc(F)ccc1-n1cnc(C(=O)O)c1. The summed E-state index contributed by atoms with van der Waals surface area (Å²) in [6.45, 7) is 0. The molecule has 5 nitrogen and oxygen atoms in total. The van der Waals surface area contributed by atoms with E-state index in [-0.39, 0.29) is 11.3 Å². The van der Waals surface area contributed by atoms with Crippen LogP contribution in [0.2, 0.25) is 0 Å². The molecule has 2 rings (SSSR count). The molecular weight excluding hydrogens is 225 g/mol. The molecule has 0 amide bonds. The average Bonchev–Trinajstić information content (AvgIpc) is 2.78. The molecule has 1 N–H and O–H groups in total. The number of halogens is 1. The maximum Gasteiger partial charge on any atom is 0.356 e. The molecule has 0 aliphatic heterocycles. The highest BCUT2D eigenvalue weighted by atomic mass is 19.1. The van der Waals surface area contributed by atoms with Gasteiger partial charge in [-0.1, -0.05) is 0 Å². The summed E-state index contributed by atoms with van der Waals surface area (Å²) in [6.07, 6.45) is 2.52. The summed E-state index contributed by atoms with van der Waals surface area (Å²) in [5.74, 6) is -1.69. The zero-order chi connectivity index (χ0) is 12.4. The third-order valence-corrected chi connectivity index (χ3v) is 2.16. The second-order valence-electron chi connectivity index (χ2n) is 3.24. The van der Waals surface area contributed by atoms with Gasteiger partial charge in [0.15, 0.2) is 5.69 Å². The van der Waals surface area contributed by atoms with Crippen molar-refractivity contribution in [3.63, 3.8) is 0 Å². The van der Waals surface area contributed by atoms with Crippen molar-refractivity contribution in [2.24, 2.45) is 0 Å². The molecule has 1 heterocycles. The Hall–Kier alpha value is -2.68. The molecule has 0 fully saturated rings. The molecule has 1 aromatic heterocycles. The fourth-order valence-corrected chi connectivity index (χ4v) is 1.39. The van der Waals surface area contributed by atoms with Crippen molar-refractivity contribution in [1.29, 1.82) is 5.26 Å². The van der Waals surface area contributed by atoms with Gasteiger partial charge >= 0.3 is 5.97 Å². The number of imidazole rings is 1. The fourth-order valence-electron chi connectivity index (χ4n) is 1.39. The molecule has 0 aliphatic rings. The number of aromatic nitrogens is 2. The number of nitriles is 1. The zero-order valence-corrected chi connectivity index (χ0v) is 8.46. The maximum absolute atomic E-state index is 12.9. The van der Waals surface area contributed by atoms with Crippen LogP contribution in [0.1, 0.15) is 16.1 Å². The topological polar surface area (TPSA) is 78.9 Å². The number of benzene rings is 1. The van der Waals surface area contributed by atoms with Crippen molar-refractivity contribution < 1.29 is 14.3 Å². The van der Waals surface area contributed by atoms with Crippen molar-refractivity contribution >= 4 is 5.97 Å². The fraction of sp³-hybridized carbons (Fsp3) is 0. The van der Waals surface area contributed by atoms with Gasteiger partial charge < -0.3 is 9.67 Å². The van der Waals surface area contributed by atoms with E-state index in [4.69, 9.17) is 10.4 Å². The number of nitrogens with zero attached hydrogens (tertiary/aromatic N) is 3. The van der Waals surface area contributed by atoms with E-state index in [1.54, 1.807) is 0 Å². The van der Waals surface area contributed by atoms with Crippen LogP contribution in [0.25, 0.3) is 5.69 Å². The first-order valence-electron chi connectivity index (χ1n) is 4.59. The van der Waals surface area contributed by atoms with Gasteiger partial charge in [0.25, 0.3) is 0 Å². The van der Waals surface area contributed by atoms with Crippen molar-refractivity contribution in [3.8, 4) is 11.8 Å². The van der Waals surface area contributed by atoms with Gasteiger partial charge in [-0.25, -0.2) is 14.2 Å². The highest BCUT2D eigenvalue weighted by Crippen LogP contribution is 2.15. The van der Waals surface area contributed by atoms with Crippen molar-refractivity contribution in [2.75, 3.05) is 0 Å². The Morgan fingerprint density at radius 1 is 1.53 bits per heavy atom. The van der Waals surface area contributed by atoms with Crippen LogP contribution in [0.15, 0.2) is 30.7 Å². The van der Waals surface area contributed by atoms with E-state index in [1.807, 2.05) is 6.07 Å². The molecule has 0 spiro atoms. The molecule has 84 valence electrons. The third kappa shape index (κ3) is 1.99. The van der Waals surface area contributed by atoms with Gasteiger partial charge in [-0.2, -0.15) is 5.26 Å². The second-order valence-corrected chi connectivity index (χ2v) is 3.24. The second kappa shape index (κ2) is 4.06. The number of carbonyl (C=O) groups is 1. The molecule has 0 atom stereocenters. The molecule has 0 bridgehead atoms. The lowest BCUT2D eigenvalue weighted by atomic mass is 10.2. The molecule has 0 radical (unpaired) electrons. The van der Waals surface area contributed by atoms with E-state index in [9.17, 15) is 9.18 Å². The number of carboxylic acids is 1. The van der Waals surface area contributed by atoms with Crippen LogP contribution in [-0.4, -0.2) is 20.6 Å². The Labute approximate surface area is 95.4 Å². The van der Waals surface area contributed by atoms with Crippen LogP contribution in [0, 0.1) is 17.1 Å². The molecule has 17 heavy (non-hydrogen) atoms. The Kier molecular flexibility index (Phi) is 2.58. The van der Waals surface area contributed by atoms with Crippen LogP contribution >= 0.6 is 0 Å². The molecule has 0 saturated carbocycles. The number of aromatic carboxylic acids is 1.